The van der Waals surface area contributed by atoms with E-state index in [1.807, 2.05) is 51.1 Å². The molecule has 1 nitrogen and oxygen atoms in total. The van der Waals surface area contributed by atoms with Crippen LogP contribution in [0.5, 0.6) is 0 Å². The van der Waals surface area contributed by atoms with Crippen LogP contribution in [-0.2, 0) is 0 Å². The van der Waals surface area contributed by atoms with E-state index in [-0.39, 0.29) is 5.78 Å². The summed E-state index contributed by atoms with van der Waals surface area (Å²) < 4.78 is 0. The first-order valence-electron chi connectivity index (χ1n) is 4.93. The molecular weight excluding hydrogens is 160 g/mol. The fourth-order valence-corrected chi connectivity index (χ4v) is 0.995. The monoisotopic (exact) mass is 178 g/mol. The van der Waals surface area contributed by atoms with E-state index in [4.69, 9.17) is 0 Å². The maximum Gasteiger partial charge on any atom is 0.162 e. The average Bonchev–Trinajstić information content (AvgIpc) is 2.23. The molecule has 0 aromatic heterocycles. The number of Topliss-reactive ketones (excluding diaryl/α,β-unsaturated/α-hetero) is 1. The lowest BCUT2D eigenvalue weighted by Crippen LogP contribution is -1.96. The van der Waals surface area contributed by atoms with Crippen molar-refractivity contribution in [2.24, 2.45) is 0 Å². The summed E-state index contributed by atoms with van der Waals surface area (Å²) in [6, 6.07) is 9.42. The predicted octanol–water partition coefficient (Wildman–Crippen LogP) is 3.70. The van der Waals surface area contributed by atoms with Gasteiger partial charge >= 0.3 is 0 Å². The largest absolute Gasteiger partial charge is 0.294 e. The minimum absolute atomic E-state index is 0.244. The van der Waals surface area contributed by atoms with Gasteiger partial charge in [-0.2, -0.15) is 0 Å². The van der Waals surface area contributed by atoms with Crippen molar-refractivity contribution in [2.75, 3.05) is 0 Å². The normalized spacial score (nSPS) is 8.54. The molecule has 0 radical (unpaired) electrons. The van der Waals surface area contributed by atoms with E-state index in [0.29, 0.717) is 6.42 Å². The van der Waals surface area contributed by atoms with E-state index in [1.165, 1.54) is 0 Å². The maximum absolute atomic E-state index is 11.2. The minimum atomic E-state index is 0.244. The number of ketones is 1. The topological polar surface area (TPSA) is 17.1 Å². The minimum Gasteiger partial charge on any atom is -0.294 e. The van der Waals surface area contributed by atoms with E-state index < -0.39 is 0 Å². The van der Waals surface area contributed by atoms with Crippen LogP contribution >= 0.6 is 0 Å². The third kappa shape index (κ3) is 4.46. The summed E-state index contributed by atoms with van der Waals surface area (Å²) in [5.41, 5.74) is 0.828. The molecule has 0 aliphatic heterocycles. The molecule has 0 N–H and O–H groups in total. The third-order valence-corrected chi connectivity index (χ3v) is 1.57. The Labute approximate surface area is 80.8 Å². The fraction of sp³-hybridized carbons (Fsp3) is 0.417. The van der Waals surface area contributed by atoms with Gasteiger partial charge in [0.1, 0.15) is 0 Å². The van der Waals surface area contributed by atoms with Gasteiger partial charge < -0.3 is 0 Å². The summed E-state index contributed by atoms with van der Waals surface area (Å²) in [5, 5.41) is 0. The Bertz CT molecular complexity index is 226. The highest BCUT2D eigenvalue weighted by Crippen LogP contribution is 2.03. The van der Waals surface area contributed by atoms with Crippen LogP contribution in [0.15, 0.2) is 30.3 Å². The molecule has 1 rings (SSSR count). The molecule has 0 bridgehead atoms. The van der Waals surface area contributed by atoms with Gasteiger partial charge in [-0.15, -0.1) is 0 Å². The second kappa shape index (κ2) is 7.53. The molecule has 0 saturated carbocycles. The fourth-order valence-electron chi connectivity index (χ4n) is 0.995. The van der Waals surface area contributed by atoms with Gasteiger partial charge in [0.25, 0.3) is 0 Å². The maximum atomic E-state index is 11.2. The zero-order valence-electron chi connectivity index (χ0n) is 8.71. The summed E-state index contributed by atoms with van der Waals surface area (Å²) in [5.74, 6) is 0.244. The zero-order chi connectivity index (χ0) is 10.1. The summed E-state index contributed by atoms with van der Waals surface area (Å²) >= 11 is 0. The highest BCUT2D eigenvalue weighted by Gasteiger charge is 2.01. The summed E-state index contributed by atoms with van der Waals surface area (Å²) in [6.45, 7) is 6.01. The lowest BCUT2D eigenvalue weighted by molar-refractivity contribution is 0.0982. The van der Waals surface area contributed by atoms with Crippen molar-refractivity contribution in [1.82, 2.24) is 0 Å². The van der Waals surface area contributed by atoms with E-state index in [9.17, 15) is 4.79 Å². The average molecular weight is 178 g/mol. The van der Waals surface area contributed by atoms with Gasteiger partial charge in [-0.1, -0.05) is 51.1 Å². The molecule has 0 saturated heterocycles. The van der Waals surface area contributed by atoms with E-state index in [1.54, 1.807) is 0 Å². The molecule has 1 aromatic rings. The van der Waals surface area contributed by atoms with E-state index >= 15 is 0 Å². The van der Waals surface area contributed by atoms with Gasteiger partial charge in [-0.05, 0) is 6.42 Å². The molecule has 0 unspecified atom stereocenters. The van der Waals surface area contributed by atoms with Crippen molar-refractivity contribution in [3.8, 4) is 0 Å². The highest BCUT2D eigenvalue weighted by atomic mass is 16.1. The van der Waals surface area contributed by atoms with Crippen LogP contribution in [-0.4, -0.2) is 5.78 Å². The second-order valence-corrected chi connectivity index (χ2v) is 2.54. The van der Waals surface area contributed by atoms with Gasteiger partial charge in [-0.25, -0.2) is 0 Å². The number of benzene rings is 1. The Morgan fingerprint density at radius 3 is 2.15 bits per heavy atom. The molecule has 0 aliphatic rings. The molecule has 0 spiro atoms. The molecule has 0 heterocycles. The van der Waals surface area contributed by atoms with Gasteiger partial charge in [-0.3, -0.25) is 4.79 Å². The SMILES string of the molecule is CC.CCCC(=O)c1ccccc1. The van der Waals surface area contributed by atoms with Crippen molar-refractivity contribution in [2.45, 2.75) is 33.6 Å². The lowest BCUT2D eigenvalue weighted by atomic mass is 10.1. The summed E-state index contributed by atoms with van der Waals surface area (Å²) in [4.78, 5) is 11.2. The van der Waals surface area contributed by atoms with Crippen molar-refractivity contribution in [3.05, 3.63) is 35.9 Å². The number of hydrogen-bond acceptors (Lipinski definition) is 1. The first-order valence-corrected chi connectivity index (χ1v) is 4.93. The smallest absolute Gasteiger partial charge is 0.162 e. The molecule has 0 atom stereocenters. The molecular formula is C12H18O. The van der Waals surface area contributed by atoms with Crippen LogP contribution in [0.25, 0.3) is 0 Å². The van der Waals surface area contributed by atoms with E-state index in [2.05, 4.69) is 0 Å². The Morgan fingerprint density at radius 2 is 1.69 bits per heavy atom. The van der Waals surface area contributed by atoms with Crippen LogP contribution in [0.3, 0.4) is 0 Å². The molecule has 0 fully saturated rings. The number of carbonyl (C=O) groups excluding carboxylic acids is 1. The standard InChI is InChI=1S/C10H12O.C2H6/c1-2-6-10(11)9-7-4-3-5-8-9;1-2/h3-5,7-8H,2,6H2,1H3;1-2H3. The number of carbonyl (C=O) groups is 1. The first kappa shape index (κ1) is 11.9. The predicted molar refractivity (Wildman–Crippen MR) is 57.0 cm³/mol. The Kier molecular flexibility index (Phi) is 6.89. The van der Waals surface area contributed by atoms with Crippen molar-refractivity contribution < 1.29 is 4.79 Å². The molecule has 13 heavy (non-hydrogen) atoms. The molecule has 1 heteroatoms. The van der Waals surface area contributed by atoms with Crippen LogP contribution in [0, 0.1) is 0 Å². The van der Waals surface area contributed by atoms with Gasteiger partial charge in [0.05, 0.1) is 0 Å². The summed E-state index contributed by atoms with van der Waals surface area (Å²) in [7, 11) is 0. The first-order chi connectivity index (χ1) is 6.34. The quantitative estimate of drug-likeness (QED) is 0.645. The molecule has 72 valence electrons. The van der Waals surface area contributed by atoms with Gasteiger partial charge in [0.15, 0.2) is 5.78 Å². The zero-order valence-corrected chi connectivity index (χ0v) is 8.71. The third-order valence-electron chi connectivity index (χ3n) is 1.57. The van der Waals surface area contributed by atoms with Crippen molar-refractivity contribution >= 4 is 5.78 Å². The lowest BCUT2D eigenvalue weighted by Gasteiger charge is -1.96. The van der Waals surface area contributed by atoms with Gasteiger partial charge in [0, 0.05) is 12.0 Å². The second-order valence-electron chi connectivity index (χ2n) is 2.54. The van der Waals surface area contributed by atoms with Crippen LogP contribution in [0.1, 0.15) is 44.0 Å². The van der Waals surface area contributed by atoms with Crippen LogP contribution < -0.4 is 0 Å². The summed E-state index contributed by atoms with van der Waals surface area (Å²) in [6.07, 6.45) is 1.58. The number of rotatable bonds is 3. The number of hydrogen-bond donors (Lipinski definition) is 0. The van der Waals surface area contributed by atoms with Crippen LogP contribution in [0.4, 0.5) is 0 Å². The molecule has 1 aromatic carbocycles. The highest BCUT2D eigenvalue weighted by molar-refractivity contribution is 5.95. The van der Waals surface area contributed by atoms with Crippen molar-refractivity contribution in [3.63, 3.8) is 0 Å². The van der Waals surface area contributed by atoms with Gasteiger partial charge in [0.2, 0.25) is 0 Å². The Hall–Kier alpha value is -1.11. The van der Waals surface area contributed by atoms with Crippen molar-refractivity contribution in [1.29, 1.82) is 0 Å². The molecule has 0 amide bonds. The Morgan fingerprint density at radius 1 is 1.15 bits per heavy atom. The van der Waals surface area contributed by atoms with Crippen LogP contribution in [0.2, 0.25) is 0 Å². The van der Waals surface area contributed by atoms with E-state index in [0.717, 1.165) is 12.0 Å². The molecule has 0 aliphatic carbocycles. The Balaban J connectivity index is 0.000000671.